The van der Waals surface area contributed by atoms with Gasteiger partial charge in [-0.05, 0) is 97.8 Å². The standard InChI is InChI=1S/C33H22N2/c1-2-7-25-19(4-1)14-29-26(25)8-9-27-28-16-24-13-22-6-3-5-21-12-20-10-11-34-18-32(20)35(33(21)22)31(24)17-23(28)15-30(27)29/h1-11,16-18H,12-15H2. The zero-order chi connectivity index (χ0) is 22.7. The van der Waals surface area contributed by atoms with Gasteiger partial charge < -0.3 is 4.90 Å². The van der Waals surface area contributed by atoms with Crippen LogP contribution in [-0.2, 0) is 25.7 Å². The third-order valence-electron chi connectivity index (χ3n) is 8.63. The first kappa shape index (κ1) is 18.2. The summed E-state index contributed by atoms with van der Waals surface area (Å²) in [7, 11) is 0. The molecule has 0 atom stereocenters. The summed E-state index contributed by atoms with van der Waals surface area (Å²) in [5, 5.41) is 0. The first-order chi connectivity index (χ1) is 17.3. The number of anilines is 3. The number of benzene rings is 4. The zero-order valence-electron chi connectivity index (χ0n) is 19.3. The van der Waals surface area contributed by atoms with E-state index in [2.05, 4.69) is 88.9 Å². The normalized spacial score (nSPS) is 14.9. The van der Waals surface area contributed by atoms with Crippen LogP contribution in [-0.4, -0.2) is 4.98 Å². The number of nitrogens with zero attached hydrogens (tertiary/aromatic N) is 2. The van der Waals surface area contributed by atoms with E-state index in [0.717, 1.165) is 25.7 Å². The highest BCUT2D eigenvalue weighted by Gasteiger charge is 2.34. The molecule has 2 aliphatic heterocycles. The van der Waals surface area contributed by atoms with E-state index in [1.54, 1.807) is 0 Å². The SMILES string of the molecule is c1ccc2c(c1)Cc1c-2ccc2c1Cc1cc3c(cc1-2)Cc1cccc2c1N3c1cnccc1C2. The maximum absolute atomic E-state index is 4.52. The molecule has 2 nitrogen and oxygen atoms in total. The highest BCUT2D eigenvalue weighted by atomic mass is 15.2. The van der Waals surface area contributed by atoms with Crippen LogP contribution in [0, 0.1) is 0 Å². The van der Waals surface area contributed by atoms with Gasteiger partial charge in [0.15, 0.2) is 0 Å². The molecule has 164 valence electrons. The van der Waals surface area contributed by atoms with E-state index in [1.807, 2.05) is 6.20 Å². The van der Waals surface area contributed by atoms with E-state index < -0.39 is 0 Å². The molecule has 2 heteroatoms. The van der Waals surface area contributed by atoms with Gasteiger partial charge in [0.2, 0.25) is 0 Å². The van der Waals surface area contributed by atoms with Gasteiger partial charge in [0.25, 0.3) is 0 Å². The lowest BCUT2D eigenvalue weighted by Gasteiger charge is -2.39. The van der Waals surface area contributed by atoms with Gasteiger partial charge in [-0.1, -0.05) is 54.6 Å². The summed E-state index contributed by atoms with van der Waals surface area (Å²) in [5.74, 6) is 0. The van der Waals surface area contributed by atoms with Crippen molar-refractivity contribution >= 4 is 17.1 Å². The fourth-order valence-corrected chi connectivity index (χ4v) is 7.11. The van der Waals surface area contributed by atoms with Crippen LogP contribution in [0.2, 0.25) is 0 Å². The average molecular weight is 447 g/mol. The number of pyridine rings is 1. The van der Waals surface area contributed by atoms with Crippen LogP contribution >= 0.6 is 0 Å². The summed E-state index contributed by atoms with van der Waals surface area (Å²) in [6.45, 7) is 0. The lowest BCUT2D eigenvalue weighted by Crippen LogP contribution is -2.25. The molecule has 2 aliphatic carbocycles. The van der Waals surface area contributed by atoms with E-state index in [-0.39, 0.29) is 0 Å². The quantitative estimate of drug-likeness (QED) is 0.240. The zero-order valence-corrected chi connectivity index (χ0v) is 19.3. The maximum atomic E-state index is 4.52. The molecule has 0 unspecified atom stereocenters. The van der Waals surface area contributed by atoms with Crippen molar-refractivity contribution in [1.82, 2.24) is 4.98 Å². The topological polar surface area (TPSA) is 16.1 Å². The van der Waals surface area contributed by atoms with Gasteiger partial charge in [-0.3, -0.25) is 4.98 Å². The summed E-state index contributed by atoms with van der Waals surface area (Å²) >= 11 is 0. The molecule has 0 radical (unpaired) electrons. The van der Waals surface area contributed by atoms with Gasteiger partial charge in [0, 0.05) is 19.0 Å². The Morgan fingerprint density at radius 3 is 2.14 bits per heavy atom. The molecule has 9 rings (SSSR count). The molecule has 4 aromatic carbocycles. The Hall–Kier alpha value is -4.17. The molecule has 1 aromatic heterocycles. The van der Waals surface area contributed by atoms with Crippen molar-refractivity contribution in [3.63, 3.8) is 0 Å². The van der Waals surface area contributed by atoms with Gasteiger partial charge >= 0.3 is 0 Å². The van der Waals surface area contributed by atoms with Crippen molar-refractivity contribution < 1.29 is 0 Å². The second kappa shape index (κ2) is 6.28. The molecule has 5 aromatic rings. The lowest BCUT2D eigenvalue weighted by atomic mass is 9.85. The molecule has 4 aliphatic rings. The Bertz CT molecular complexity index is 1760. The van der Waals surface area contributed by atoms with Crippen LogP contribution in [0.4, 0.5) is 17.1 Å². The van der Waals surface area contributed by atoms with Crippen molar-refractivity contribution in [2.24, 2.45) is 0 Å². The largest absolute Gasteiger partial charge is 0.308 e. The Morgan fingerprint density at radius 2 is 1.26 bits per heavy atom. The van der Waals surface area contributed by atoms with Gasteiger partial charge in [-0.2, -0.15) is 0 Å². The average Bonchev–Trinajstić information content (AvgIpc) is 3.45. The van der Waals surface area contributed by atoms with E-state index in [9.17, 15) is 0 Å². The Balaban J connectivity index is 1.24. The summed E-state index contributed by atoms with van der Waals surface area (Å²) in [6, 6.07) is 27.6. The smallest absolute Gasteiger partial charge is 0.0680 e. The van der Waals surface area contributed by atoms with Crippen LogP contribution in [0.5, 0.6) is 0 Å². The fraction of sp³-hybridized carbons (Fsp3) is 0.121. The Labute approximate surface area is 204 Å². The lowest BCUT2D eigenvalue weighted by molar-refractivity contribution is 0.999. The highest BCUT2D eigenvalue weighted by Crippen LogP contribution is 2.53. The number of aromatic nitrogens is 1. The molecule has 0 fully saturated rings. The minimum atomic E-state index is 0.982. The number of para-hydroxylation sites is 1. The molecule has 0 saturated carbocycles. The van der Waals surface area contributed by atoms with Crippen molar-refractivity contribution in [3.8, 4) is 22.3 Å². The molecule has 3 heterocycles. The van der Waals surface area contributed by atoms with Crippen LogP contribution in [0.1, 0.15) is 44.5 Å². The molecule has 0 saturated heterocycles. The predicted octanol–water partition coefficient (Wildman–Crippen LogP) is 7.50. The molecule has 0 bridgehead atoms. The van der Waals surface area contributed by atoms with Gasteiger partial charge in [-0.25, -0.2) is 0 Å². The summed E-state index contributed by atoms with van der Waals surface area (Å²) in [5.41, 5.74) is 21.3. The van der Waals surface area contributed by atoms with E-state index in [4.69, 9.17) is 0 Å². The fourth-order valence-electron chi connectivity index (χ4n) is 7.11. The number of rotatable bonds is 0. The first-order valence-electron chi connectivity index (χ1n) is 12.6. The molecule has 0 amide bonds. The molecular formula is C33H22N2. The van der Waals surface area contributed by atoms with Gasteiger partial charge in [0.05, 0.1) is 23.3 Å². The van der Waals surface area contributed by atoms with Crippen LogP contribution in [0.3, 0.4) is 0 Å². The van der Waals surface area contributed by atoms with Gasteiger partial charge in [0.1, 0.15) is 0 Å². The van der Waals surface area contributed by atoms with Crippen molar-refractivity contribution in [1.29, 1.82) is 0 Å². The minimum Gasteiger partial charge on any atom is -0.308 e. The molecule has 35 heavy (non-hydrogen) atoms. The Kier molecular flexibility index (Phi) is 3.27. The highest BCUT2D eigenvalue weighted by molar-refractivity contribution is 5.93. The van der Waals surface area contributed by atoms with Crippen molar-refractivity contribution in [2.75, 3.05) is 4.90 Å². The molecular weight excluding hydrogens is 424 g/mol. The van der Waals surface area contributed by atoms with E-state index in [0.29, 0.717) is 0 Å². The van der Waals surface area contributed by atoms with Gasteiger partial charge in [-0.15, -0.1) is 0 Å². The first-order valence-corrected chi connectivity index (χ1v) is 12.6. The van der Waals surface area contributed by atoms with Crippen LogP contribution < -0.4 is 4.90 Å². The van der Waals surface area contributed by atoms with Crippen LogP contribution in [0.15, 0.2) is 85.2 Å². The summed E-state index contributed by atoms with van der Waals surface area (Å²) < 4.78 is 0. The summed E-state index contributed by atoms with van der Waals surface area (Å²) in [4.78, 5) is 7.02. The van der Waals surface area contributed by atoms with Crippen molar-refractivity contribution in [2.45, 2.75) is 25.7 Å². The molecule has 0 N–H and O–H groups in total. The predicted molar refractivity (Wildman–Crippen MR) is 141 cm³/mol. The third-order valence-corrected chi connectivity index (χ3v) is 8.63. The minimum absolute atomic E-state index is 0.982. The summed E-state index contributed by atoms with van der Waals surface area (Å²) in [6.07, 6.45) is 8.03. The number of hydrogen-bond acceptors (Lipinski definition) is 2. The number of hydrogen-bond donors (Lipinski definition) is 0. The monoisotopic (exact) mass is 446 g/mol. The van der Waals surface area contributed by atoms with E-state index >= 15 is 0 Å². The third kappa shape index (κ3) is 2.27. The maximum Gasteiger partial charge on any atom is 0.0680 e. The van der Waals surface area contributed by atoms with Crippen LogP contribution in [0.25, 0.3) is 22.3 Å². The second-order valence-electron chi connectivity index (χ2n) is 10.4. The second-order valence-corrected chi connectivity index (χ2v) is 10.4. The number of fused-ring (bicyclic) bond motifs is 11. The Morgan fingerprint density at radius 1 is 0.514 bits per heavy atom. The van der Waals surface area contributed by atoms with E-state index in [1.165, 1.54) is 83.8 Å². The van der Waals surface area contributed by atoms with Crippen molar-refractivity contribution in [3.05, 3.63) is 130 Å². The molecule has 0 spiro atoms.